The molecule has 0 spiro atoms. The highest BCUT2D eigenvalue weighted by Gasteiger charge is 2.25. The van der Waals surface area contributed by atoms with Gasteiger partial charge in [-0.2, -0.15) is 0 Å². The van der Waals surface area contributed by atoms with Gasteiger partial charge in [0.2, 0.25) is 0 Å². The minimum absolute atomic E-state index is 0.249. The van der Waals surface area contributed by atoms with Crippen molar-refractivity contribution in [3.05, 3.63) is 28.8 Å². The summed E-state index contributed by atoms with van der Waals surface area (Å²) in [6.07, 6.45) is 1.53. The van der Waals surface area contributed by atoms with Crippen LogP contribution >= 0.6 is 11.6 Å². The van der Waals surface area contributed by atoms with E-state index >= 15 is 0 Å². The molecule has 1 aromatic carbocycles. The zero-order valence-electron chi connectivity index (χ0n) is 10.3. The summed E-state index contributed by atoms with van der Waals surface area (Å²) in [5.41, 5.74) is 6.24. The summed E-state index contributed by atoms with van der Waals surface area (Å²) in [5, 5.41) is 3.07. The first-order chi connectivity index (χ1) is 9.06. The van der Waals surface area contributed by atoms with Crippen LogP contribution in [0.3, 0.4) is 0 Å². The van der Waals surface area contributed by atoms with E-state index in [9.17, 15) is 9.59 Å². The van der Waals surface area contributed by atoms with E-state index in [1.807, 2.05) is 0 Å². The van der Waals surface area contributed by atoms with Gasteiger partial charge in [0.15, 0.2) is 6.10 Å². The third-order valence-corrected chi connectivity index (χ3v) is 3.11. The molecule has 0 aromatic heterocycles. The first-order valence-electron chi connectivity index (χ1n) is 6.11. The molecule has 1 aromatic rings. The highest BCUT2D eigenvalue weighted by molar-refractivity contribution is 6.31. The number of anilines is 1. The standard InChI is InChI=1S/C13H15ClN2O3/c14-9-5-8(6-10(15)7-9)13(18)19-11-3-1-2-4-16-12(11)17/h5-7,11H,1-4,15H2,(H,16,17). The number of ether oxygens (including phenoxy) is 1. The fourth-order valence-corrected chi connectivity index (χ4v) is 2.19. The molecule has 1 fully saturated rings. The Morgan fingerprint density at radius 2 is 2.16 bits per heavy atom. The Bertz CT molecular complexity index is 484. The highest BCUT2D eigenvalue weighted by Crippen LogP contribution is 2.19. The first-order valence-corrected chi connectivity index (χ1v) is 6.49. The lowest BCUT2D eigenvalue weighted by Crippen LogP contribution is -2.36. The number of halogens is 1. The number of nitrogen functional groups attached to an aromatic ring is 1. The van der Waals surface area contributed by atoms with Crippen molar-refractivity contribution in [1.82, 2.24) is 5.32 Å². The second-order valence-electron chi connectivity index (χ2n) is 4.45. The molecular formula is C13H15ClN2O3. The van der Waals surface area contributed by atoms with E-state index in [0.29, 0.717) is 23.7 Å². The third kappa shape index (κ3) is 3.61. The Balaban J connectivity index is 2.09. The lowest BCUT2D eigenvalue weighted by atomic mass is 10.1. The number of benzene rings is 1. The molecule has 0 saturated carbocycles. The molecule has 3 N–H and O–H groups in total. The molecule has 102 valence electrons. The number of hydrogen-bond donors (Lipinski definition) is 2. The van der Waals surface area contributed by atoms with E-state index in [1.54, 1.807) is 0 Å². The van der Waals surface area contributed by atoms with Crippen LogP contribution in [0.1, 0.15) is 29.6 Å². The predicted octanol–water partition coefficient (Wildman–Crippen LogP) is 1.75. The molecular weight excluding hydrogens is 268 g/mol. The monoisotopic (exact) mass is 282 g/mol. The maximum atomic E-state index is 12.0. The Morgan fingerprint density at radius 1 is 1.37 bits per heavy atom. The molecule has 0 radical (unpaired) electrons. The summed E-state index contributed by atoms with van der Waals surface area (Å²) in [5.74, 6) is -0.836. The van der Waals surface area contributed by atoms with E-state index < -0.39 is 12.1 Å². The molecule has 0 aliphatic carbocycles. The van der Waals surface area contributed by atoms with Crippen molar-refractivity contribution in [2.24, 2.45) is 0 Å². The van der Waals surface area contributed by atoms with Crippen molar-refractivity contribution in [2.75, 3.05) is 12.3 Å². The van der Waals surface area contributed by atoms with Crippen LogP contribution in [0.15, 0.2) is 18.2 Å². The summed E-state index contributed by atoms with van der Waals surface area (Å²) in [7, 11) is 0. The topological polar surface area (TPSA) is 81.4 Å². The molecule has 1 aliphatic heterocycles. The number of amides is 1. The van der Waals surface area contributed by atoms with Crippen LogP contribution in [0, 0.1) is 0 Å². The molecule has 19 heavy (non-hydrogen) atoms. The molecule has 1 heterocycles. The third-order valence-electron chi connectivity index (χ3n) is 2.89. The van der Waals surface area contributed by atoms with Gasteiger partial charge in [-0.05, 0) is 37.5 Å². The molecule has 1 saturated heterocycles. The molecule has 1 unspecified atom stereocenters. The largest absolute Gasteiger partial charge is 0.449 e. The maximum Gasteiger partial charge on any atom is 0.339 e. The van der Waals surface area contributed by atoms with Crippen molar-refractivity contribution in [3.63, 3.8) is 0 Å². The first kappa shape index (κ1) is 13.7. The van der Waals surface area contributed by atoms with Gasteiger partial charge in [0.05, 0.1) is 5.56 Å². The van der Waals surface area contributed by atoms with Gasteiger partial charge in [0, 0.05) is 17.3 Å². The quantitative estimate of drug-likeness (QED) is 0.639. The van der Waals surface area contributed by atoms with Crippen LogP contribution < -0.4 is 11.1 Å². The average molecular weight is 283 g/mol. The van der Waals surface area contributed by atoms with Crippen molar-refractivity contribution < 1.29 is 14.3 Å². The van der Waals surface area contributed by atoms with E-state index in [1.165, 1.54) is 18.2 Å². The Kier molecular flexibility index (Phi) is 4.27. The van der Waals surface area contributed by atoms with Crippen LogP contribution in [0.2, 0.25) is 5.02 Å². The van der Waals surface area contributed by atoms with Gasteiger partial charge in [0.1, 0.15) is 0 Å². The predicted molar refractivity (Wildman–Crippen MR) is 71.9 cm³/mol. The number of rotatable bonds is 2. The normalized spacial score (nSPS) is 19.4. The van der Waals surface area contributed by atoms with Crippen molar-refractivity contribution in [3.8, 4) is 0 Å². The molecule has 0 bridgehead atoms. The lowest BCUT2D eigenvalue weighted by molar-refractivity contribution is -0.129. The van der Waals surface area contributed by atoms with E-state index in [-0.39, 0.29) is 11.5 Å². The average Bonchev–Trinajstić information content (AvgIpc) is 2.54. The van der Waals surface area contributed by atoms with E-state index in [4.69, 9.17) is 22.1 Å². The number of carbonyl (C=O) groups excluding carboxylic acids is 2. The van der Waals surface area contributed by atoms with E-state index in [0.717, 1.165) is 12.8 Å². The SMILES string of the molecule is Nc1cc(Cl)cc(C(=O)OC2CCCCNC2=O)c1. The number of carbonyl (C=O) groups is 2. The summed E-state index contributed by atoms with van der Waals surface area (Å²) in [6.45, 7) is 0.622. The Hall–Kier alpha value is -1.75. The second-order valence-corrected chi connectivity index (χ2v) is 4.89. The fourth-order valence-electron chi connectivity index (χ4n) is 1.95. The second kappa shape index (κ2) is 5.93. The zero-order chi connectivity index (χ0) is 13.8. The van der Waals surface area contributed by atoms with Crippen LogP contribution in [-0.4, -0.2) is 24.5 Å². The molecule has 5 nitrogen and oxygen atoms in total. The summed E-state index contributed by atoms with van der Waals surface area (Å²) in [4.78, 5) is 23.6. The van der Waals surface area contributed by atoms with Crippen LogP contribution in [-0.2, 0) is 9.53 Å². The van der Waals surface area contributed by atoms with Crippen molar-refractivity contribution in [2.45, 2.75) is 25.4 Å². The van der Waals surface area contributed by atoms with Crippen molar-refractivity contribution in [1.29, 1.82) is 0 Å². The number of hydrogen-bond acceptors (Lipinski definition) is 4. The van der Waals surface area contributed by atoms with Gasteiger partial charge in [-0.15, -0.1) is 0 Å². The number of nitrogens with one attached hydrogen (secondary N) is 1. The maximum absolute atomic E-state index is 12.0. The molecule has 6 heteroatoms. The molecule has 1 amide bonds. The Morgan fingerprint density at radius 3 is 2.89 bits per heavy atom. The summed E-state index contributed by atoms with van der Waals surface area (Å²) in [6, 6.07) is 4.48. The minimum atomic E-state index is -0.741. The highest BCUT2D eigenvalue weighted by atomic mass is 35.5. The lowest BCUT2D eigenvalue weighted by Gasteiger charge is -2.14. The van der Waals surface area contributed by atoms with Gasteiger partial charge in [-0.25, -0.2) is 4.79 Å². The molecule has 2 rings (SSSR count). The molecule has 1 atom stereocenters. The van der Waals surface area contributed by atoms with Crippen LogP contribution in [0.4, 0.5) is 5.69 Å². The molecule has 1 aliphatic rings. The van der Waals surface area contributed by atoms with Gasteiger partial charge in [0.25, 0.3) is 5.91 Å². The smallest absolute Gasteiger partial charge is 0.339 e. The summed E-state index contributed by atoms with van der Waals surface area (Å²) >= 11 is 5.82. The van der Waals surface area contributed by atoms with Crippen LogP contribution in [0.25, 0.3) is 0 Å². The van der Waals surface area contributed by atoms with Gasteiger partial charge < -0.3 is 15.8 Å². The zero-order valence-corrected chi connectivity index (χ0v) is 11.1. The minimum Gasteiger partial charge on any atom is -0.449 e. The van der Waals surface area contributed by atoms with Crippen molar-refractivity contribution >= 4 is 29.2 Å². The summed E-state index contributed by atoms with van der Waals surface area (Å²) < 4.78 is 5.21. The fraction of sp³-hybridized carbons (Fsp3) is 0.385. The van der Waals surface area contributed by atoms with Gasteiger partial charge in [-0.3, -0.25) is 4.79 Å². The Labute approximate surface area is 116 Å². The van der Waals surface area contributed by atoms with Gasteiger partial charge >= 0.3 is 5.97 Å². The van der Waals surface area contributed by atoms with Crippen LogP contribution in [0.5, 0.6) is 0 Å². The van der Waals surface area contributed by atoms with E-state index in [2.05, 4.69) is 5.32 Å². The number of esters is 1. The number of nitrogens with two attached hydrogens (primary N) is 1. The van der Waals surface area contributed by atoms with Gasteiger partial charge in [-0.1, -0.05) is 11.6 Å².